The third kappa shape index (κ3) is 6.08. The highest BCUT2D eigenvalue weighted by Gasteiger charge is 2.25. The summed E-state index contributed by atoms with van der Waals surface area (Å²) in [5.74, 6) is -0.229. The van der Waals surface area contributed by atoms with Crippen molar-refractivity contribution in [1.29, 1.82) is 0 Å². The average Bonchev–Trinajstić information content (AvgIpc) is 3.45. The number of nitrogens with one attached hydrogen (secondary N) is 2. The Labute approximate surface area is 255 Å². The molecule has 2 heterocycles. The molecule has 44 heavy (non-hydrogen) atoms. The standard InChI is InChI=1S/C33H25N5O5S/c1-43-23-14-15-27-30(18-23)44-33(36-27)37-32(40)29(16-20-8-3-2-4-9-20)35-31(39)25-19-28(34-26-13-6-5-12-24(25)26)21-10-7-11-22(17-21)38(41)42/h2-15,17-19,29H,16H2,1H3,(H,35,39)(H,36,37,40). The maximum Gasteiger partial charge on any atom is 0.270 e. The minimum atomic E-state index is -0.945. The number of ether oxygens (including phenoxy) is 1. The monoisotopic (exact) mass is 603 g/mol. The van der Waals surface area contributed by atoms with Gasteiger partial charge in [-0.3, -0.25) is 19.7 Å². The highest BCUT2D eigenvalue weighted by molar-refractivity contribution is 7.22. The van der Waals surface area contributed by atoms with E-state index in [4.69, 9.17) is 4.74 Å². The number of anilines is 1. The number of amides is 2. The van der Waals surface area contributed by atoms with Gasteiger partial charge in [-0.2, -0.15) is 0 Å². The Hall–Kier alpha value is -5.68. The maximum absolute atomic E-state index is 13.9. The molecule has 6 rings (SSSR count). The van der Waals surface area contributed by atoms with Gasteiger partial charge < -0.3 is 15.4 Å². The molecule has 0 saturated heterocycles. The number of carbonyl (C=O) groups excluding carboxylic acids is 2. The van der Waals surface area contributed by atoms with Crippen molar-refractivity contribution in [2.45, 2.75) is 12.5 Å². The van der Waals surface area contributed by atoms with Gasteiger partial charge in [-0.15, -0.1) is 0 Å². The van der Waals surface area contributed by atoms with E-state index in [1.165, 1.54) is 23.5 Å². The fourth-order valence-electron chi connectivity index (χ4n) is 4.86. The number of non-ortho nitro benzene ring substituents is 1. The number of methoxy groups -OCH3 is 1. The van der Waals surface area contributed by atoms with Crippen LogP contribution in [0.25, 0.3) is 32.4 Å². The minimum Gasteiger partial charge on any atom is -0.497 e. The van der Waals surface area contributed by atoms with Crippen molar-refractivity contribution in [3.8, 4) is 17.0 Å². The second-order valence-corrected chi connectivity index (χ2v) is 11.0. The van der Waals surface area contributed by atoms with Gasteiger partial charge in [0.15, 0.2) is 5.13 Å². The molecular formula is C33H25N5O5S. The van der Waals surface area contributed by atoms with Gasteiger partial charge in [0.1, 0.15) is 11.8 Å². The number of rotatable bonds is 9. The summed E-state index contributed by atoms with van der Waals surface area (Å²) in [6, 6.07) is 28.7. The molecule has 0 spiro atoms. The molecule has 1 atom stereocenters. The van der Waals surface area contributed by atoms with E-state index in [1.54, 1.807) is 55.6 Å². The molecule has 2 amide bonds. The van der Waals surface area contributed by atoms with Crippen molar-refractivity contribution in [2.24, 2.45) is 0 Å². The van der Waals surface area contributed by atoms with Crippen molar-refractivity contribution >= 4 is 55.1 Å². The van der Waals surface area contributed by atoms with E-state index in [9.17, 15) is 19.7 Å². The number of carbonyl (C=O) groups is 2. The van der Waals surface area contributed by atoms with Gasteiger partial charge in [0.2, 0.25) is 5.91 Å². The van der Waals surface area contributed by atoms with Crippen molar-refractivity contribution in [3.63, 3.8) is 0 Å². The number of nitro benzene ring substituents is 1. The van der Waals surface area contributed by atoms with Gasteiger partial charge in [0.25, 0.3) is 11.6 Å². The topological polar surface area (TPSA) is 136 Å². The van der Waals surface area contributed by atoms with E-state index < -0.39 is 22.8 Å². The van der Waals surface area contributed by atoms with Crippen LogP contribution in [0.1, 0.15) is 15.9 Å². The second-order valence-electron chi connectivity index (χ2n) is 9.94. The van der Waals surface area contributed by atoms with Crippen molar-refractivity contribution in [2.75, 3.05) is 12.4 Å². The molecule has 0 aliphatic heterocycles. The third-order valence-electron chi connectivity index (χ3n) is 7.04. The summed E-state index contributed by atoms with van der Waals surface area (Å²) in [5.41, 5.74) is 3.20. The Bertz CT molecular complexity index is 2030. The summed E-state index contributed by atoms with van der Waals surface area (Å²) in [4.78, 5) is 47.7. The summed E-state index contributed by atoms with van der Waals surface area (Å²) in [6.45, 7) is 0. The molecule has 0 aliphatic rings. The van der Waals surface area contributed by atoms with Gasteiger partial charge in [-0.1, -0.05) is 72.0 Å². The van der Waals surface area contributed by atoms with Crippen molar-refractivity contribution < 1.29 is 19.2 Å². The Morgan fingerprint density at radius 1 is 0.909 bits per heavy atom. The fraction of sp³-hybridized carbons (Fsp3) is 0.0909. The highest BCUT2D eigenvalue weighted by atomic mass is 32.1. The SMILES string of the molecule is COc1ccc2nc(NC(=O)C(Cc3ccccc3)NC(=O)c3cc(-c4cccc([N+](=O)[O-])c4)nc4ccccc34)sc2c1. The quantitative estimate of drug-likeness (QED) is 0.144. The first-order valence-electron chi connectivity index (χ1n) is 13.6. The molecule has 0 radical (unpaired) electrons. The number of nitro groups is 1. The number of pyridine rings is 1. The lowest BCUT2D eigenvalue weighted by atomic mass is 10.0. The normalized spacial score (nSPS) is 11.7. The number of fused-ring (bicyclic) bond motifs is 2. The second kappa shape index (κ2) is 12.3. The van der Waals surface area contributed by atoms with Crippen LogP contribution in [0.15, 0.2) is 103 Å². The Balaban J connectivity index is 1.33. The zero-order valence-electron chi connectivity index (χ0n) is 23.4. The number of nitrogens with zero attached hydrogens (tertiary/aromatic N) is 3. The maximum atomic E-state index is 13.9. The smallest absolute Gasteiger partial charge is 0.270 e. The predicted octanol–water partition coefficient (Wildman–Crippen LogP) is 6.41. The van der Waals surface area contributed by atoms with Crippen LogP contribution >= 0.6 is 11.3 Å². The number of aromatic nitrogens is 2. The third-order valence-corrected chi connectivity index (χ3v) is 7.98. The van der Waals surface area contributed by atoms with Crippen molar-refractivity contribution in [1.82, 2.24) is 15.3 Å². The van der Waals surface area contributed by atoms with Crippen LogP contribution < -0.4 is 15.4 Å². The van der Waals surface area contributed by atoms with Crippen LogP contribution in [0.2, 0.25) is 0 Å². The predicted molar refractivity (Wildman–Crippen MR) is 170 cm³/mol. The molecule has 2 N–H and O–H groups in total. The molecule has 10 nitrogen and oxygen atoms in total. The summed E-state index contributed by atoms with van der Waals surface area (Å²) in [6.07, 6.45) is 0.234. The molecule has 0 aliphatic carbocycles. The summed E-state index contributed by atoms with van der Waals surface area (Å²) in [5, 5.41) is 18.2. The Morgan fingerprint density at radius 3 is 2.50 bits per heavy atom. The lowest BCUT2D eigenvalue weighted by molar-refractivity contribution is -0.384. The molecule has 6 aromatic rings. The summed E-state index contributed by atoms with van der Waals surface area (Å²) < 4.78 is 6.14. The molecule has 0 fully saturated rings. The number of hydrogen-bond donors (Lipinski definition) is 2. The van der Waals surface area contributed by atoms with Crippen molar-refractivity contribution in [3.05, 3.63) is 124 Å². The van der Waals surface area contributed by atoms with Crippen LogP contribution in [0.4, 0.5) is 10.8 Å². The Kier molecular flexibility index (Phi) is 7.94. The molecule has 2 aromatic heterocycles. The molecule has 1 unspecified atom stereocenters. The number of thiazole rings is 1. The number of hydrogen-bond acceptors (Lipinski definition) is 8. The molecule has 11 heteroatoms. The van der Waals surface area contributed by atoms with Crippen LogP contribution in [-0.4, -0.2) is 39.9 Å². The van der Waals surface area contributed by atoms with Crippen LogP contribution in [0, 0.1) is 10.1 Å². The summed E-state index contributed by atoms with van der Waals surface area (Å²) >= 11 is 1.31. The highest BCUT2D eigenvalue weighted by Crippen LogP contribution is 2.30. The van der Waals surface area contributed by atoms with Gasteiger partial charge in [0, 0.05) is 29.5 Å². The van der Waals surface area contributed by atoms with E-state index in [0.717, 1.165) is 10.3 Å². The van der Waals surface area contributed by atoms with E-state index in [2.05, 4.69) is 20.6 Å². The first kappa shape index (κ1) is 28.4. The van der Waals surface area contributed by atoms with E-state index in [0.29, 0.717) is 38.6 Å². The van der Waals surface area contributed by atoms with Gasteiger partial charge in [0.05, 0.1) is 39.0 Å². The molecular weight excluding hydrogens is 578 g/mol. The van der Waals surface area contributed by atoms with Crippen LogP contribution in [-0.2, 0) is 11.2 Å². The van der Waals surface area contributed by atoms with E-state index in [-0.39, 0.29) is 17.7 Å². The van der Waals surface area contributed by atoms with E-state index >= 15 is 0 Å². The van der Waals surface area contributed by atoms with E-state index in [1.807, 2.05) is 42.5 Å². The zero-order valence-corrected chi connectivity index (χ0v) is 24.2. The molecule has 0 bridgehead atoms. The minimum absolute atomic E-state index is 0.0867. The summed E-state index contributed by atoms with van der Waals surface area (Å²) in [7, 11) is 1.58. The first-order chi connectivity index (χ1) is 21.4. The average molecular weight is 604 g/mol. The molecule has 218 valence electrons. The number of para-hydroxylation sites is 1. The van der Waals surface area contributed by atoms with Gasteiger partial charge in [-0.05, 0) is 35.9 Å². The largest absolute Gasteiger partial charge is 0.497 e. The lowest BCUT2D eigenvalue weighted by Gasteiger charge is -2.19. The number of benzene rings is 4. The Morgan fingerprint density at radius 2 is 1.70 bits per heavy atom. The van der Waals surface area contributed by atoms with Crippen LogP contribution in [0.3, 0.4) is 0 Å². The van der Waals surface area contributed by atoms with Crippen LogP contribution in [0.5, 0.6) is 5.75 Å². The first-order valence-corrected chi connectivity index (χ1v) is 14.4. The fourth-order valence-corrected chi connectivity index (χ4v) is 5.76. The van der Waals surface area contributed by atoms with Gasteiger partial charge >= 0.3 is 0 Å². The molecule has 4 aromatic carbocycles. The lowest BCUT2D eigenvalue weighted by Crippen LogP contribution is -2.45. The zero-order chi connectivity index (χ0) is 30.6. The van der Waals surface area contributed by atoms with Gasteiger partial charge in [-0.25, -0.2) is 9.97 Å². The molecule has 0 saturated carbocycles.